The Balaban J connectivity index is 2.03. The molecule has 1 saturated carbocycles. The number of likely N-dealkylation sites (N-methyl/N-ethyl adjacent to an activating group) is 2. The van der Waals surface area contributed by atoms with Gasteiger partial charge in [-0.1, -0.05) is 40.5 Å². The summed E-state index contributed by atoms with van der Waals surface area (Å²) in [6.07, 6.45) is 6.31. The van der Waals surface area contributed by atoms with Crippen molar-refractivity contribution in [1.82, 2.24) is 9.80 Å². The van der Waals surface area contributed by atoms with Crippen molar-refractivity contribution >= 4 is 11.7 Å². The fourth-order valence-corrected chi connectivity index (χ4v) is 4.50. The van der Waals surface area contributed by atoms with E-state index in [4.69, 9.17) is 0 Å². The van der Waals surface area contributed by atoms with Gasteiger partial charge in [-0.25, -0.2) is 0 Å². The molecule has 2 aliphatic rings. The average molecular weight is 337 g/mol. The van der Waals surface area contributed by atoms with E-state index < -0.39 is 0 Å². The van der Waals surface area contributed by atoms with Crippen LogP contribution in [0.25, 0.3) is 0 Å². The molecule has 1 aliphatic heterocycles. The summed E-state index contributed by atoms with van der Waals surface area (Å²) >= 11 is 0. The van der Waals surface area contributed by atoms with Gasteiger partial charge in [0.25, 0.3) is 0 Å². The molecule has 0 N–H and O–H groups in total. The van der Waals surface area contributed by atoms with Gasteiger partial charge >= 0.3 is 0 Å². The molecule has 4 nitrogen and oxygen atoms in total. The highest BCUT2D eigenvalue weighted by molar-refractivity contribution is 5.91. The molecule has 0 bridgehead atoms. The molecule has 0 aromatic heterocycles. The second kappa shape index (κ2) is 7.99. The summed E-state index contributed by atoms with van der Waals surface area (Å²) in [6.45, 7) is 11.1. The van der Waals surface area contributed by atoms with Crippen molar-refractivity contribution in [1.29, 1.82) is 0 Å². The summed E-state index contributed by atoms with van der Waals surface area (Å²) in [5, 5.41) is 0. The average Bonchev–Trinajstić information content (AvgIpc) is 2.99. The van der Waals surface area contributed by atoms with Gasteiger partial charge in [0.05, 0.1) is 0 Å². The van der Waals surface area contributed by atoms with E-state index in [-0.39, 0.29) is 28.9 Å². The van der Waals surface area contributed by atoms with Gasteiger partial charge in [-0.15, -0.1) is 0 Å². The Labute approximate surface area is 148 Å². The van der Waals surface area contributed by atoms with E-state index in [1.807, 2.05) is 32.7 Å². The van der Waals surface area contributed by atoms with Crippen LogP contribution in [0.4, 0.5) is 0 Å². The van der Waals surface area contributed by atoms with E-state index in [0.717, 1.165) is 45.3 Å². The number of Topliss-reactive ketones (excluding diaryl/α,β-unsaturated/α-hetero) is 1. The van der Waals surface area contributed by atoms with E-state index in [1.165, 1.54) is 12.8 Å². The molecule has 24 heavy (non-hydrogen) atoms. The predicted molar refractivity (Wildman–Crippen MR) is 97.8 cm³/mol. The number of amides is 1. The molecule has 1 amide bonds. The molecule has 0 aromatic carbocycles. The van der Waals surface area contributed by atoms with E-state index in [2.05, 4.69) is 11.8 Å². The van der Waals surface area contributed by atoms with Crippen LogP contribution in [0.2, 0.25) is 0 Å². The lowest BCUT2D eigenvalue weighted by Crippen LogP contribution is -2.47. The monoisotopic (exact) mass is 336 g/mol. The summed E-state index contributed by atoms with van der Waals surface area (Å²) in [5.41, 5.74) is -0.358. The van der Waals surface area contributed by atoms with Gasteiger partial charge in [0, 0.05) is 36.9 Å². The third kappa shape index (κ3) is 4.38. The normalized spacial score (nSPS) is 28.8. The Morgan fingerprint density at radius 2 is 1.67 bits per heavy atom. The zero-order chi connectivity index (χ0) is 17.9. The Bertz CT molecular complexity index is 455. The summed E-state index contributed by atoms with van der Waals surface area (Å²) in [7, 11) is 1.93. The van der Waals surface area contributed by atoms with Gasteiger partial charge in [-0.2, -0.15) is 0 Å². The van der Waals surface area contributed by atoms with Crippen molar-refractivity contribution in [2.75, 3.05) is 26.7 Å². The lowest BCUT2D eigenvalue weighted by atomic mass is 9.70. The summed E-state index contributed by atoms with van der Waals surface area (Å²) in [6, 6.07) is 0.490. The number of hydrogen-bond donors (Lipinski definition) is 0. The maximum Gasteiger partial charge on any atom is 0.226 e. The van der Waals surface area contributed by atoms with Crippen molar-refractivity contribution in [3.63, 3.8) is 0 Å². The molecule has 2 fully saturated rings. The minimum atomic E-state index is -0.358. The maximum atomic E-state index is 13.1. The smallest absolute Gasteiger partial charge is 0.226 e. The first kappa shape index (κ1) is 19.4. The highest BCUT2D eigenvalue weighted by Crippen LogP contribution is 2.36. The fourth-order valence-electron chi connectivity index (χ4n) is 4.50. The molecule has 0 radical (unpaired) electrons. The lowest BCUT2D eigenvalue weighted by molar-refractivity contribution is -0.145. The minimum absolute atomic E-state index is 0.0837. The zero-order valence-electron chi connectivity index (χ0n) is 16.3. The second-order valence-electron chi connectivity index (χ2n) is 8.76. The maximum absolute atomic E-state index is 13.1. The Kier molecular flexibility index (Phi) is 6.46. The number of nitrogens with zero attached hydrogens (tertiary/aromatic N) is 2. The zero-order valence-corrected chi connectivity index (χ0v) is 16.3. The SMILES string of the molecule is CCN1CCC[C@@H]1CN(C)C(=O)[C@H]1CCCC[C@H]1C(=O)C(C)(C)C. The number of rotatable bonds is 5. The van der Waals surface area contributed by atoms with Crippen LogP contribution in [0.15, 0.2) is 0 Å². The first-order valence-corrected chi connectivity index (χ1v) is 9.79. The van der Waals surface area contributed by atoms with Crippen molar-refractivity contribution < 1.29 is 9.59 Å². The fraction of sp³-hybridized carbons (Fsp3) is 0.900. The number of likely N-dealkylation sites (tertiary alicyclic amines) is 1. The van der Waals surface area contributed by atoms with Gasteiger partial charge in [0.2, 0.25) is 5.91 Å². The molecule has 2 rings (SSSR count). The Hall–Kier alpha value is -0.900. The predicted octanol–water partition coefficient (Wildman–Crippen LogP) is 3.35. The molecule has 0 unspecified atom stereocenters. The third-order valence-electron chi connectivity index (χ3n) is 5.93. The highest BCUT2D eigenvalue weighted by atomic mass is 16.2. The molecule has 0 aromatic rings. The van der Waals surface area contributed by atoms with Crippen LogP contribution >= 0.6 is 0 Å². The lowest BCUT2D eigenvalue weighted by Gasteiger charge is -2.36. The molecule has 4 heteroatoms. The first-order chi connectivity index (χ1) is 11.3. The summed E-state index contributed by atoms with van der Waals surface area (Å²) in [4.78, 5) is 30.3. The van der Waals surface area contributed by atoms with E-state index in [9.17, 15) is 9.59 Å². The van der Waals surface area contributed by atoms with Crippen molar-refractivity contribution in [3.05, 3.63) is 0 Å². The van der Waals surface area contributed by atoms with Crippen LogP contribution in [0, 0.1) is 17.3 Å². The van der Waals surface area contributed by atoms with E-state index >= 15 is 0 Å². The Morgan fingerprint density at radius 3 is 2.25 bits per heavy atom. The molecule has 3 atom stereocenters. The van der Waals surface area contributed by atoms with Crippen LogP contribution in [0.1, 0.15) is 66.2 Å². The molecular formula is C20H36N2O2. The number of ketones is 1. The molecule has 138 valence electrons. The largest absolute Gasteiger partial charge is 0.344 e. The highest BCUT2D eigenvalue weighted by Gasteiger charge is 2.41. The van der Waals surface area contributed by atoms with Crippen LogP contribution in [0.3, 0.4) is 0 Å². The van der Waals surface area contributed by atoms with Gasteiger partial charge in [-0.05, 0) is 38.8 Å². The van der Waals surface area contributed by atoms with Gasteiger partial charge < -0.3 is 4.90 Å². The van der Waals surface area contributed by atoms with Crippen LogP contribution in [0.5, 0.6) is 0 Å². The first-order valence-electron chi connectivity index (χ1n) is 9.79. The topological polar surface area (TPSA) is 40.6 Å². The second-order valence-corrected chi connectivity index (χ2v) is 8.76. The molecule has 1 saturated heterocycles. The van der Waals surface area contributed by atoms with Crippen molar-refractivity contribution in [3.8, 4) is 0 Å². The van der Waals surface area contributed by atoms with E-state index in [0.29, 0.717) is 6.04 Å². The van der Waals surface area contributed by atoms with Crippen LogP contribution in [-0.4, -0.2) is 54.2 Å². The van der Waals surface area contributed by atoms with Gasteiger partial charge in [0.1, 0.15) is 5.78 Å². The van der Waals surface area contributed by atoms with Crippen LogP contribution in [-0.2, 0) is 9.59 Å². The molecular weight excluding hydrogens is 300 g/mol. The van der Waals surface area contributed by atoms with Gasteiger partial charge in [0.15, 0.2) is 0 Å². The quantitative estimate of drug-likeness (QED) is 0.773. The third-order valence-corrected chi connectivity index (χ3v) is 5.93. The standard InChI is InChI=1S/C20H36N2O2/c1-6-22-13-9-10-15(22)14-21(5)19(24)17-12-8-7-11-16(17)18(23)20(2,3)4/h15-17H,6-14H2,1-5H3/t15-,16-,17+/m1/s1. The summed E-state index contributed by atoms with van der Waals surface area (Å²) in [5.74, 6) is 0.275. The van der Waals surface area contributed by atoms with Gasteiger partial charge in [-0.3, -0.25) is 14.5 Å². The Morgan fingerprint density at radius 1 is 1.04 bits per heavy atom. The number of hydrogen-bond acceptors (Lipinski definition) is 3. The van der Waals surface area contributed by atoms with Crippen LogP contribution < -0.4 is 0 Å². The number of carbonyl (C=O) groups is 2. The molecule has 1 aliphatic carbocycles. The molecule has 1 heterocycles. The number of carbonyl (C=O) groups excluding carboxylic acids is 2. The molecule has 0 spiro atoms. The summed E-state index contributed by atoms with van der Waals surface area (Å²) < 4.78 is 0. The van der Waals surface area contributed by atoms with Crippen molar-refractivity contribution in [2.45, 2.75) is 72.3 Å². The van der Waals surface area contributed by atoms with E-state index in [1.54, 1.807) is 0 Å². The van der Waals surface area contributed by atoms with Crippen molar-refractivity contribution in [2.24, 2.45) is 17.3 Å². The minimum Gasteiger partial charge on any atom is -0.344 e.